The van der Waals surface area contributed by atoms with Crippen molar-refractivity contribution in [1.29, 1.82) is 0 Å². The van der Waals surface area contributed by atoms with Crippen molar-refractivity contribution in [3.63, 3.8) is 0 Å². The summed E-state index contributed by atoms with van der Waals surface area (Å²) in [4.78, 5) is 14.6. The molecule has 2 aromatic rings. The molecule has 25 heavy (non-hydrogen) atoms. The first kappa shape index (κ1) is 17.5. The van der Waals surface area contributed by atoms with Gasteiger partial charge in [0, 0.05) is 31.3 Å². The minimum Gasteiger partial charge on any atom is -0.378 e. The molecule has 3 rings (SSSR count). The molecule has 2 aromatic carbocycles. The molecule has 1 amide bonds. The minimum absolute atomic E-state index is 0.0145. The molecule has 1 aliphatic heterocycles. The van der Waals surface area contributed by atoms with Crippen molar-refractivity contribution in [3.8, 4) is 0 Å². The largest absolute Gasteiger partial charge is 0.378 e. The molecule has 132 valence electrons. The second-order valence-corrected chi connectivity index (χ2v) is 6.00. The Kier molecular flexibility index (Phi) is 5.73. The number of hydrogen-bond donors (Lipinski definition) is 1. The Morgan fingerprint density at radius 1 is 1.20 bits per heavy atom. The first-order valence-electron chi connectivity index (χ1n) is 8.21. The highest BCUT2D eigenvalue weighted by molar-refractivity contribution is 5.82. The van der Waals surface area contributed by atoms with Crippen LogP contribution in [0.4, 0.5) is 8.78 Å². The summed E-state index contributed by atoms with van der Waals surface area (Å²) in [6, 6.07) is 12.8. The second kappa shape index (κ2) is 8.18. The summed E-state index contributed by atoms with van der Waals surface area (Å²) in [6.07, 6.45) is 0. The van der Waals surface area contributed by atoms with Crippen LogP contribution in [0.15, 0.2) is 48.5 Å². The Morgan fingerprint density at radius 3 is 2.76 bits per heavy atom. The maximum Gasteiger partial charge on any atom is 0.240 e. The number of ether oxygens (including phenoxy) is 1. The van der Waals surface area contributed by atoms with E-state index in [0.717, 1.165) is 11.6 Å². The van der Waals surface area contributed by atoms with E-state index in [2.05, 4.69) is 10.2 Å². The molecular formula is C19H20F2N2O2. The topological polar surface area (TPSA) is 41.6 Å². The molecular weight excluding hydrogens is 326 g/mol. The number of carbonyl (C=O) groups excluding carboxylic acids is 1. The quantitative estimate of drug-likeness (QED) is 0.904. The van der Waals surface area contributed by atoms with Crippen molar-refractivity contribution in [2.75, 3.05) is 19.8 Å². The van der Waals surface area contributed by atoms with Crippen LogP contribution >= 0.6 is 0 Å². The molecule has 1 saturated heterocycles. The number of nitrogens with zero attached hydrogens (tertiary/aromatic N) is 1. The van der Waals surface area contributed by atoms with Gasteiger partial charge in [0.1, 0.15) is 17.7 Å². The van der Waals surface area contributed by atoms with Gasteiger partial charge >= 0.3 is 0 Å². The Bertz CT molecular complexity index is 725. The number of nitrogens with one attached hydrogen (secondary N) is 1. The number of hydrogen-bond acceptors (Lipinski definition) is 3. The molecule has 0 radical (unpaired) electrons. The third-order valence-electron chi connectivity index (χ3n) is 4.24. The van der Waals surface area contributed by atoms with Gasteiger partial charge in [0.2, 0.25) is 5.91 Å². The summed E-state index contributed by atoms with van der Waals surface area (Å²) in [5.41, 5.74) is 1.37. The van der Waals surface area contributed by atoms with E-state index in [0.29, 0.717) is 26.3 Å². The second-order valence-electron chi connectivity index (χ2n) is 6.00. The van der Waals surface area contributed by atoms with Crippen molar-refractivity contribution in [2.24, 2.45) is 0 Å². The fraction of sp³-hybridized carbons (Fsp3) is 0.316. The Labute approximate surface area is 145 Å². The monoisotopic (exact) mass is 346 g/mol. The molecule has 1 N–H and O–H groups in total. The highest BCUT2D eigenvalue weighted by Gasteiger charge is 2.29. The van der Waals surface area contributed by atoms with E-state index in [4.69, 9.17) is 4.74 Å². The highest BCUT2D eigenvalue weighted by Crippen LogP contribution is 2.14. The Morgan fingerprint density at radius 2 is 2.00 bits per heavy atom. The van der Waals surface area contributed by atoms with Crippen LogP contribution in [0.25, 0.3) is 0 Å². The summed E-state index contributed by atoms with van der Waals surface area (Å²) in [7, 11) is 0. The molecule has 1 heterocycles. The van der Waals surface area contributed by atoms with Crippen LogP contribution in [0.5, 0.6) is 0 Å². The molecule has 1 atom stereocenters. The Hall–Kier alpha value is -2.31. The van der Waals surface area contributed by atoms with Crippen LogP contribution in [0.2, 0.25) is 0 Å². The third kappa shape index (κ3) is 4.61. The van der Waals surface area contributed by atoms with Crippen molar-refractivity contribution < 1.29 is 18.3 Å². The summed E-state index contributed by atoms with van der Waals surface area (Å²) in [5, 5.41) is 2.72. The molecule has 0 saturated carbocycles. The van der Waals surface area contributed by atoms with Crippen LogP contribution in [-0.4, -0.2) is 36.6 Å². The van der Waals surface area contributed by atoms with E-state index in [1.54, 1.807) is 0 Å². The van der Waals surface area contributed by atoms with E-state index in [9.17, 15) is 13.6 Å². The molecule has 0 bridgehead atoms. The van der Waals surface area contributed by atoms with Gasteiger partial charge in [0.05, 0.1) is 13.2 Å². The van der Waals surface area contributed by atoms with Gasteiger partial charge in [-0.1, -0.05) is 36.4 Å². The van der Waals surface area contributed by atoms with E-state index in [1.165, 1.54) is 12.1 Å². The van der Waals surface area contributed by atoms with Gasteiger partial charge in [-0.25, -0.2) is 8.78 Å². The van der Waals surface area contributed by atoms with Crippen LogP contribution in [-0.2, 0) is 22.6 Å². The molecule has 0 aromatic heterocycles. The molecule has 6 heteroatoms. The zero-order chi connectivity index (χ0) is 17.6. The smallest absolute Gasteiger partial charge is 0.240 e. The average Bonchev–Trinajstić information content (AvgIpc) is 2.62. The number of rotatable bonds is 5. The van der Waals surface area contributed by atoms with Crippen LogP contribution < -0.4 is 5.32 Å². The summed E-state index contributed by atoms with van der Waals surface area (Å²) in [5.74, 6) is -1.53. The van der Waals surface area contributed by atoms with E-state index in [1.807, 2.05) is 30.3 Å². The Balaban J connectivity index is 1.62. The maximum atomic E-state index is 13.7. The summed E-state index contributed by atoms with van der Waals surface area (Å²) < 4.78 is 32.1. The predicted octanol–water partition coefficient (Wildman–Crippen LogP) is 2.48. The third-order valence-corrected chi connectivity index (χ3v) is 4.24. The summed E-state index contributed by atoms with van der Waals surface area (Å²) in [6.45, 7) is 2.18. The number of amides is 1. The average molecular weight is 346 g/mol. The van der Waals surface area contributed by atoms with Crippen LogP contribution in [0, 0.1) is 11.6 Å². The van der Waals surface area contributed by atoms with E-state index >= 15 is 0 Å². The first-order valence-corrected chi connectivity index (χ1v) is 8.21. The normalized spacial score (nSPS) is 18.1. The molecule has 1 aliphatic rings. The van der Waals surface area contributed by atoms with Crippen LogP contribution in [0.3, 0.4) is 0 Å². The molecule has 4 nitrogen and oxygen atoms in total. The van der Waals surface area contributed by atoms with Gasteiger partial charge in [-0.15, -0.1) is 0 Å². The van der Waals surface area contributed by atoms with E-state index in [-0.39, 0.29) is 18.0 Å². The first-order chi connectivity index (χ1) is 12.1. The van der Waals surface area contributed by atoms with Gasteiger partial charge in [0.25, 0.3) is 0 Å². The lowest BCUT2D eigenvalue weighted by atomic mass is 10.1. The fourth-order valence-electron chi connectivity index (χ4n) is 2.85. The lowest BCUT2D eigenvalue weighted by Gasteiger charge is -2.34. The van der Waals surface area contributed by atoms with Gasteiger partial charge in [-0.05, 0) is 11.6 Å². The lowest BCUT2D eigenvalue weighted by molar-refractivity contribution is -0.133. The highest BCUT2D eigenvalue weighted by atomic mass is 19.1. The van der Waals surface area contributed by atoms with Crippen LogP contribution in [0.1, 0.15) is 11.1 Å². The number of halogens is 2. The van der Waals surface area contributed by atoms with Gasteiger partial charge in [-0.3, -0.25) is 9.69 Å². The van der Waals surface area contributed by atoms with Crippen molar-refractivity contribution >= 4 is 5.91 Å². The van der Waals surface area contributed by atoms with Gasteiger partial charge in [-0.2, -0.15) is 0 Å². The summed E-state index contributed by atoms with van der Waals surface area (Å²) >= 11 is 0. The standard InChI is InChI=1S/C19H20F2N2O2/c20-16-7-6-15(17(21)10-16)11-22-19(24)18-13-25-9-8-23(18)12-14-4-2-1-3-5-14/h1-7,10,18H,8-9,11-13H2,(H,22,24)/t18-/m1/s1. The van der Waals surface area contributed by atoms with Gasteiger partial charge < -0.3 is 10.1 Å². The number of morpholine rings is 1. The SMILES string of the molecule is O=C(NCc1ccc(F)cc1F)[C@H]1COCCN1Cc1ccccc1. The molecule has 1 fully saturated rings. The van der Waals surface area contributed by atoms with Gasteiger partial charge in [0.15, 0.2) is 0 Å². The van der Waals surface area contributed by atoms with E-state index < -0.39 is 17.7 Å². The maximum absolute atomic E-state index is 13.7. The fourth-order valence-corrected chi connectivity index (χ4v) is 2.85. The number of benzene rings is 2. The van der Waals surface area contributed by atoms with Crippen molar-refractivity contribution in [2.45, 2.75) is 19.1 Å². The zero-order valence-corrected chi connectivity index (χ0v) is 13.8. The molecule has 0 spiro atoms. The minimum atomic E-state index is -0.665. The predicted molar refractivity (Wildman–Crippen MR) is 89.7 cm³/mol. The zero-order valence-electron chi connectivity index (χ0n) is 13.8. The lowest BCUT2D eigenvalue weighted by Crippen LogP contribution is -2.53. The molecule has 0 unspecified atom stereocenters. The molecule has 0 aliphatic carbocycles. The van der Waals surface area contributed by atoms with Crippen molar-refractivity contribution in [3.05, 3.63) is 71.3 Å². The van der Waals surface area contributed by atoms with Crippen molar-refractivity contribution in [1.82, 2.24) is 10.2 Å². The number of carbonyl (C=O) groups is 1.